The second kappa shape index (κ2) is 6.77. The summed E-state index contributed by atoms with van der Waals surface area (Å²) in [6.45, 7) is 5.04. The van der Waals surface area contributed by atoms with E-state index in [9.17, 15) is 0 Å². The van der Waals surface area contributed by atoms with Gasteiger partial charge in [-0.15, -0.1) is 0 Å². The minimum Gasteiger partial charge on any atom is -0.489 e. The third kappa shape index (κ3) is 3.85. The Labute approximate surface area is 127 Å². The molecule has 0 unspecified atom stereocenters. The summed E-state index contributed by atoms with van der Waals surface area (Å²) >= 11 is 0. The van der Waals surface area contributed by atoms with E-state index < -0.39 is 0 Å². The molecule has 0 spiro atoms. The Kier molecular flexibility index (Phi) is 4.56. The Hall–Kier alpha value is -1.80. The Morgan fingerprint density at radius 2 is 1.81 bits per heavy atom. The van der Waals surface area contributed by atoms with Gasteiger partial charge in [-0.25, -0.2) is 0 Å². The molecule has 0 bridgehead atoms. The van der Waals surface area contributed by atoms with Gasteiger partial charge in [0.05, 0.1) is 0 Å². The van der Waals surface area contributed by atoms with Gasteiger partial charge in [0.25, 0.3) is 0 Å². The van der Waals surface area contributed by atoms with Crippen molar-refractivity contribution in [3.63, 3.8) is 0 Å². The van der Waals surface area contributed by atoms with E-state index in [1.165, 1.54) is 29.5 Å². The smallest absolute Gasteiger partial charge is 0.120 e. The lowest BCUT2D eigenvalue weighted by Gasteiger charge is -2.24. The molecule has 1 heterocycles. The zero-order valence-corrected chi connectivity index (χ0v) is 12.6. The fourth-order valence-corrected chi connectivity index (χ4v) is 2.99. The Bertz CT molecular complexity index is 573. The molecule has 2 aromatic carbocycles. The molecule has 21 heavy (non-hydrogen) atoms. The van der Waals surface area contributed by atoms with Crippen LogP contribution in [0.4, 0.5) is 0 Å². The summed E-state index contributed by atoms with van der Waals surface area (Å²) in [4.78, 5) is 0. The summed E-state index contributed by atoms with van der Waals surface area (Å²) < 4.78 is 5.99. The van der Waals surface area contributed by atoms with E-state index in [-0.39, 0.29) is 0 Å². The van der Waals surface area contributed by atoms with Crippen molar-refractivity contribution in [2.45, 2.75) is 32.3 Å². The zero-order chi connectivity index (χ0) is 14.5. The van der Waals surface area contributed by atoms with Gasteiger partial charge < -0.3 is 10.1 Å². The van der Waals surface area contributed by atoms with Crippen molar-refractivity contribution < 1.29 is 4.74 Å². The highest BCUT2D eigenvalue weighted by atomic mass is 16.5. The van der Waals surface area contributed by atoms with Crippen molar-refractivity contribution in [1.29, 1.82) is 0 Å². The predicted octanol–water partition coefficient (Wildman–Crippen LogP) is 4.04. The van der Waals surface area contributed by atoms with Crippen LogP contribution < -0.4 is 10.1 Å². The maximum Gasteiger partial charge on any atom is 0.120 e. The van der Waals surface area contributed by atoms with Crippen molar-refractivity contribution in [1.82, 2.24) is 5.32 Å². The van der Waals surface area contributed by atoms with Gasteiger partial charge in [-0.2, -0.15) is 0 Å². The number of rotatable bonds is 4. The predicted molar refractivity (Wildman–Crippen MR) is 86.8 cm³/mol. The van der Waals surface area contributed by atoms with Crippen LogP contribution in [0.1, 0.15) is 35.4 Å². The first kappa shape index (κ1) is 14.2. The summed E-state index contributed by atoms with van der Waals surface area (Å²) in [6.07, 6.45) is 2.45. The first-order valence-corrected chi connectivity index (χ1v) is 7.80. The number of ether oxygens (including phenoxy) is 1. The molecule has 0 radical (unpaired) electrons. The molecule has 1 aliphatic heterocycles. The van der Waals surface area contributed by atoms with E-state index in [2.05, 4.69) is 54.7 Å². The summed E-state index contributed by atoms with van der Waals surface area (Å²) in [5, 5.41) is 3.43. The van der Waals surface area contributed by atoms with Crippen LogP contribution in [0.2, 0.25) is 0 Å². The zero-order valence-electron chi connectivity index (χ0n) is 12.6. The molecule has 1 saturated heterocycles. The van der Waals surface area contributed by atoms with Crippen LogP contribution in [0, 0.1) is 6.92 Å². The van der Waals surface area contributed by atoms with Gasteiger partial charge in [0.2, 0.25) is 0 Å². The highest BCUT2D eigenvalue weighted by Crippen LogP contribution is 2.29. The fraction of sp³-hybridized carbons (Fsp3) is 0.368. The Balaban J connectivity index is 1.71. The molecule has 0 amide bonds. The van der Waals surface area contributed by atoms with Gasteiger partial charge in [-0.05, 0) is 67.6 Å². The van der Waals surface area contributed by atoms with E-state index in [0.717, 1.165) is 18.8 Å². The van der Waals surface area contributed by atoms with Crippen molar-refractivity contribution in [2.24, 2.45) is 0 Å². The molecule has 2 aromatic rings. The van der Waals surface area contributed by atoms with Crippen molar-refractivity contribution in [3.05, 3.63) is 65.2 Å². The van der Waals surface area contributed by atoms with Gasteiger partial charge >= 0.3 is 0 Å². The molecule has 1 N–H and O–H groups in total. The number of nitrogens with one attached hydrogen (secondary N) is 1. The molecular formula is C19H23NO. The van der Waals surface area contributed by atoms with E-state index in [1.807, 2.05) is 6.07 Å². The lowest BCUT2D eigenvalue weighted by Crippen LogP contribution is -2.26. The average Bonchev–Trinajstić information content (AvgIpc) is 2.54. The van der Waals surface area contributed by atoms with Gasteiger partial charge in [-0.1, -0.05) is 36.4 Å². The van der Waals surface area contributed by atoms with E-state index in [4.69, 9.17) is 4.74 Å². The largest absolute Gasteiger partial charge is 0.489 e. The van der Waals surface area contributed by atoms with Gasteiger partial charge in [-0.3, -0.25) is 0 Å². The molecular weight excluding hydrogens is 258 g/mol. The van der Waals surface area contributed by atoms with Crippen molar-refractivity contribution in [2.75, 3.05) is 13.1 Å². The third-order valence-electron chi connectivity index (χ3n) is 4.13. The molecule has 0 atom stereocenters. The maximum absolute atomic E-state index is 5.99. The Morgan fingerprint density at radius 1 is 1.05 bits per heavy atom. The van der Waals surface area contributed by atoms with E-state index >= 15 is 0 Å². The highest BCUT2D eigenvalue weighted by molar-refractivity contribution is 5.36. The fourth-order valence-electron chi connectivity index (χ4n) is 2.99. The number of hydrogen-bond acceptors (Lipinski definition) is 2. The molecule has 110 valence electrons. The molecule has 3 rings (SSSR count). The normalized spacial score (nSPS) is 15.9. The minimum absolute atomic E-state index is 0.635. The number of hydrogen-bond donors (Lipinski definition) is 1. The first-order chi connectivity index (χ1) is 10.3. The number of aryl methyl sites for hydroxylation is 1. The summed E-state index contributed by atoms with van der Waals surface area (Å²) in [5.41, 5.74) is 3.93. The Morgan fingerprint density at radius 3 is 2.57 bits per heavy atom. The molecule has 1 aliphatic rings. The number of benzene rings is 2. The SMILES string of the molecule is Cc1cc(OCc2ccccc2)cc(C2CCNCC2)c1. The van der Waals surface area contributed by atoms with Crippen LogP contribution in [0.25, 0.3) is 0 Å². The van der Waals surface area contributed by atoms with E-state index in [0.29, 0.717) is 12.5 Å². The average molecular weight is 281 g/mol. The van der Waals surface area contributed by atoms with Crippen LogP contribution in [-0.2, 0) is 6.61 Å². The topological polar surface area (TPSA) is 21.3 Å². The summed E-state index contributed by atoms with van der Waals surface area (Å²) in [5.74, 6) is 1.66. The van der Waals surface area contributed by atoms with Gasteiger partial charge in [0.15, 0.2) is 0 Å². The third-order valence-corrected chi connectivity index (χ3v) is 4.13. The second-order valence-corrected chi connectivity index (χ2v) is 5.88. The van der Waals surface area contributed by atoms with Crippen molar-refractivity contribution >= 4 is 0 Å². The summed E-state index contributed by atoms with van der Waals surface area (Å²) in [6, 6.07) is 17.0. The minimum atomic E-state index is 0.635. The van der Waals surface area contributed by atoms with Crippen molar-refractivity contribution in [3.8, 4) is 5.75 Å². The number of piperidine rings is 1. The molecule has 2 nitrogen and oxygen atoms in total. The van der Waals surface area contributed by atoms with Gasteiger partial charge in [0, 0.05) is 0 Å². The van der Waals surface area contributed by atoms with Crippen LogP contribution in [0.3, 0.4) is 0 Å². The standard InChI is InChI=1S/C19H23NO/c1-15-11-18(17-7-9-20-10-8-17)13-19(12-15)21-14-16-5-3-2-4-6-16/h2-6,11-13,17,20H,7-10,14H2,1H3. The molecule has 1 fully saturated rings. The first-order valence-electron chi connectivity index (χ1n) is 7.80. The second-order valence-electron chi connectivity index (χ2n) is 5.88. The molecule has 2 heteroatoms. The molecule has 0 aliphatic carbocycles. The lowest BCUT2D eigenvalue weighted by molar-refractivity contribution is 0.305. The lowest BCUT2D eigenvalue weighted by atomic mass is 9.89. The van der Waals surface area contributed by atoms with Crippen LogP contribution >= 0.6 is 0 Å². The van der Waals surface area contributed by atoms with Crippen LogP contribution in [0.15, 0.2) is 48.5 Å². The van der Waals surface area contributed by atoms with Crippen LogP contribution in [0.5, 0.6) is 5.75 Å². The maximum atomic E-state index is 5.99. The molecule has 0 aromatic heterocycles. The molecule has 0 saturated carbocycles. The quantitative estimate of drug-likeness (QED) is 0.913. The van der Waals surface area contributed by atoms with Gasteiger partial charge in [0.1, 0.15) is 12.4 Å². The summed E-state index contributed by atoms with van der Waals surface area (Å²) in [7, 11) is 0. The highest BCUT2D eigenvalue weighted by Gasteiger charge is 2.16. The monoisotopic (exact) mass is 281 g/mol. The van der Waals surface area contributed by atoms with E-state index in [1.54, 1.807) is 0 Å². The van der Waals surface area contributed by atoms with Crippen LogP contribution in [-0.4, -0.2) is 13.1 Å².